The predicted molar refractivity (Wildman–Crippen MR) is 55.4 cm³/mol. The Labute approximate surface area is 87.3 Å². The minimum Gasteiger partial charge on any atom is -0.366 e. The first kappa shape index (κ1) is 9.89. The summed E-state index contributed by atoms with van der Waals surface area (Å²) in [6, 6.07) is 0.0924. The molecule has 5 heteroatoms. The summed E-state index contributed by atoms with van der Waals surface area (Å²) in [6.07, 6.45) is 0.606. The lowest BCUT2D eigenvalue weighted by Gasteiger charge is -2.11. The zero-order valence-corrected chi connectivity index (χ0v) is 9.11. The second kappa shape index (κ2) is 3.18. The van der Waals surface area contributed by atoms with Crippen molar-refractivity contribution in [2.75, 3.05) is 0 Å². The van der Waals surface area contributed by atoms with Crippen molar-refractivity contribution in [3.63, 3.8) is 0 Å². The fourth-order valence-corrected chi connectivity index (χ4v) is 2.02. The van der Waals surface area contributed by atoms with Gasteiger partial charge >= 0.3 is 0 Å². The third-order valence-electron chi connectivity index (χ3n) is 2.63. The molecule has 0 saturated heterocycles. The van der Waals surface area contributed by atoms with Crippen LogP contribution in [-0.4, -0.2) is 21.7 Å². The lowest BCUT2D eigenvalue weighted by Crippen LogP contribution is -2.40. The van der Waals surface area contributed by atoms with Gasteiger partial charge in [0.1, 0.15) is 0 Å². The van der Waals surface area contributed by atoms with Gasteiger partial charge in [-0.3, -0.25) is 14.5 Å². The van der Waals surface area contributed by atoms with Crippen molar-refractivity contribution in [3.05, 3.63) is 16.4 Å². The van der Waals surface area contributed by atoms with Crippen LogP contribution in [-0.2, 0) is 11.8 Å². The number of nitrogens with two attached hydrogens (primary N) is 1. The van der Waals surface area contributed by atoms with E-state index in [0.29, 0.717) is 12.0 Å². The van der Waals surface area contributed by atoms with Gasteiger partial charge in [-0.1, -0.05) is 0 Å². The van der Waals surface area contributed by atoms with Gasteiger partial charge in [0.05, 0.1) is 17.0 Å². The van der Waals surface area contributed by atoms with Gasteiger partial charge in [-0.25, -0.2) is 0 Å². The van der Waals surface area contributed by atoms with E-state index in [1.165, 1.54) is 0 Å². The monoisotopic (exact) mass is 206 g/mol. The Bertz CT molecular complexity index is 541. The summed E-state index contributed by atoms with van der Waals surface area (Å²) in [6.45, 7) is 3.83. The Balaban J connectivity index is 2.91. The van der Waals surface area contributed by atoms with E-state index in [1.54, 1.807) is 4.68 Å². The minimum atomic E-state index is -0.367. The van der Waals surface area contributed by atoms with E-state index in [9.17, 15) is 4.79 Å². The molecule has 1 aliphatic rings. The normalized spacial score (nSPS) is 19.7. The van der Waals surface area contributed by atoms with Crippen molar-refractivity contribution < 1.29 is 4.79 Å². The van der Waals surface area contributed by atoms with Gasteiger partial charge in [0, 0.05) is 19.0 Å². The van der Waals surface area contributed by atoms with Gasteiger partial charge in [0.15, 0.2) is 5.49 Å². The maximum absolute atomic E-state index is 11.3. The van der Waals surface area contributed by atoms with E-state index in [2.05, 4.69) is 10.1 Å². The Morgan fingerprint density at radius 1 is 1.60 bits per heavy atom. The fourth-order valence-electron chi connectivity index (χ4n) is 2.02. The highest BCUT2D eigenvalue weighted by molar-refractivity contribution is 6.12. The number of hydrogen-bond donors (Lipinski definition) is 1. The summed E-state index contributed by atoms with van der Waals surface area (Å²) in [5, 5.41) is 5.08. The molecule has 2 N–H and O–H groups in total. The SMILES string of the molecule is Cc1nn(C)c2c1=C(C(N)=O)CC(C)N=2. The first-order valence-corrected chi connectivity index (χ1v) is 4.91. The highest BCUT2D eigenvalue weighted by Crippen LogP contribution is 2.09. The molecular weight excluding hydrogens is 192 g/mol. The average molecular weight is 206 g/mol. The number of primary amides is 1. The zero-order valence-electron chi connectivity index (χ0n) is 9.11. The molecule has 1 aromatic heterocycles. The first-order chi connectivity index (χ1) is 7.00. The second-order valence-electron chi connectivity index (χ2n) is 3.93. The van der Waals surface area contributed by atoms with Crippen LogP contribution in [0.15, 0.2) is 4.99 Å². The third-order valence-corrected chi connectivity index (χ3v) is 2.63. The van der Waals surface area contributed by atoms with Crippen molar-refractivity contribution in [2.24, 2.45) is 17.8 Å². The molecule has 1 aromatic rings. The number of carbonyl (C=O) groups excluding carboxylic acids is 1. The van der Waals surface area contributed by atoms with Gasteiger partial charge in [-0.15, -0.1) is 0 Å². The van der Waals surface area contributed by atoms with Crippen LogP contribution in [0.5, 0.6) is 0 Å². The number of aryl methyl sites for hydroxylation is 2. The van der Waals surface area contributed by atoms with Gasteiger partial charge in [-0.05, 0) is 13.8 Å². The van der Waals surface area contributed by atoms with E-state index in [1.807, 2.05) is 20.9 Å². The lowest BCUT2D eigenvalue weighted by atomic mass is 10.0. The van der Waals surface area contributed by atoms with Crippen molar-refractivity contribution in [1.82, 2.24) is 9.78 Å². The molecule has 0 fully saturated rings. The van der Waals surface area contributed by atoms with Crippen molar-refractivity contribution in [1.29, 1.82) is 0 Å². The van der Waals surface area contributed by atoms with Crippen LogP contribution in [0.25, 0.3) is 5.57 Å². The van der Waals surface area contributed by atoms with Gasteiger partial charge in [-0.2, -0.15) is 5.10 Å². The summed E-state index contributed by atoms with van der Waals surface area (Å²) in [5.41, 5.74) is 7.60. The van der Waals surface area contributed by atoms with Crippen LogP contribution >= 0.6 is 0 Å². The van der Waals surface area contributed by atoms with E-state index in [-0.39, 0.29) is 11.9 Å². The second-order valence-corrected chi connectivity index (χ2v) is 3.93. The number of carbonyl (C=O) groups is 1. The number of rotatable bonds is 1. The smallest absolute Gasteiger partial charge is 0.245 e. The predicted octanol–water partition coefficient (Wildman–Crippen LogP) is -1.22. The average Bonchev–Trinajstić information content (AvgIpc) is 2.41. The fraction of sp³-hybridized carbons (Fsp3) is 0.500. The van der Waals surface area contributed by atoms with Crippen LogP contribution in [0.3, 0.4) is 0 Å². The van der Waals surface area contributed by atoms with Crippen LogP contribution in [0.1, 0.15) is 19.0 Å². The molecule has 0 aromatic carbocycles. The zero-order chi connectivity index (χ0) is 11.2. The topological polar surface area (TPSA) is 73.3 Å². The number of amides is 1. The highest BCUT2D eigenvalue weighted by atomic mass is 16.1. The number of hydrogen-bond acceptors (Lipinski definition) is 3. The first-order valence-electron chi connectivity index (χ1n) is 4.91. The standard InChI is InChI=1S/C10H14N4O/c1-5-4-7(9(11)15)8-6(2)13-14(3)10(8)12-5/h5H,4H2,1-3H3,(H2,11,15). The van der Waals surface area contributed by atoms with Gasteiger partial charge in [0.25, 0.3) is 0 Å². The molecule has 0 saturated carbocycles. The summed E-state index contributed by atoms with van der Waals surface area (Å²) in [7, 11) is 1.83. The van der Waals surface area contributed by atoms with Crippen molar-refractivity contribution in [2.45, 2.75) is 26.3 Å². The Hall–Kier alpha value is -1.65. The quantitative estimate of drug-likeness (QED) is 0.625. The molecule has 0 aliphatic carbocycles. The molecule has 5 nitrogen and oxygen atoms in total. The summed E-state index contributed by atoms with van der Waals surface area (Å²) >= 11 is 0. The molecule has 0 bridgehead atoms. The molecule has 2 rings (SSSR count). The van der Waals surface area contributed by atoms with E-state index in [4.69, 9.17) is 5.73 Å². The highest BCUT2D eigenvalue weighted by Gasteiger charge is 2.19. The molecule has 15 heavy (non-hydrogen) atoms. The molecule has 1 atom stereocenters. The third kappa shape index (κ3) is 1.44. The Kier molecular flexibility index (Phi) is 2.10. The Morgan fingerprint density at radius 2 is 2.27 bits per heavy atom. The summed E-state index contributed by atoms with van der Waals surface area (Å²) in [4.78, 5) is 15.8. The van der Waals surface area contributed by atoms with Crippen LogP contribution in [0.4, 0.5) is 0 Å². The van der Waals surface area contributed by atoms with E-state index >= 15 is 0 Å². The van der Waals surface area contributed by atoms with Crippen molar-refractivity contribution in [3.8, 4) is 0 Å². The Morgan fingerprint density at radius 3 is 2.87 bits per heavy atom. The molecule has 1 amide bonds. The molecule has 1 aliphatic heterocycles. The maximum atomic E-state index is 11.3. The van der Waals surface area contributed by atoms with Gasteiger partial charge in [0.2, 0.25) is 5.91 Å². The van der Waals surface area contributed by atoms with Crippen molar-refractivity contribution >= 4 is 11.5 Å². The maximum Gasteiger partial charge on any atom is 0.245 e. The van der Waals surface area contributed by atoms with Crippen LogP contribution in [0.2, 0.25) is 0 Å². The number of fused-ring (bicyclic) bond motifs is 1. The molecule has 1 unspecified atom stereocenters. The lowest BCUT2D eigenvalue weighted by molar-refractivity contribution is -0.113. The van der Waals surface area contributed by atoms with Gasteiger partial charge < -0.3 is 5.73 Å². The number of aromatic nitrogens is 2. The van der Waals surface area contributed by atoms with Crippen LogP contribution < -0.4 is 16.4 Å². The molecule has 0 radical (unpaired) electrons. The van der Waals surface area contributed by atoms with E-state index in [0.717, 1.165) is 16.4 Å². The van der Waals surface area contributed by atoms with E-state index < -0.39 is 0 Å². The molecule has 80 valence electrons. The summed E-state index contributed by atoms with van der Waals surface area (Å²) in [5.74, 6) is -0.367. The summed E-state index contributed by atoms with van der Waals surface area (Å²) < 4.78 is 1.70. The molecule has 2 heterocycles. The molecule has 0 spiro atoms. The molecular formula is C10H14N4O. The largest absolute Gasteiger partial charge is 0.366 e. The number of nitrogens with zero attached hydrogens (tertiary/aromatic N) is 3. The minimum absolute atomic E-state index is 0.0924. The van der Waals surface area contributed by atoms with Crippen LogP contribution in [0, 0.1) is 6.92 Å².